The van der Waals surface area contributed by atoms with Crippen LogP contribution < -0.4 is 11.1 Å². The van der Waals surface area contributed by atoms with Crippen molar-refractivity contribution in [2.24, 2.45) is 5.73 Å². The SMILES string of the molecule is CC(CC(N)=O)NC(C)c1cc2ccccc2o1. The molecule has 0 aliphatic heterocycles. The van der Waals surface area contributed by atoms with Crippen molar-refractivity contribution in [1.29, 1.82) is 0 Å². The van der Waals surface area contributed by atoms with E-state index >= 15 is 0 Å². The Morgan fingerprint density at radius 2 is 2.11 bits per heavy atom. The van der Waals surface area contributed by atoms with Crippen LogP contribution in [0.1, 0.15) is 32.1 Å². The fourth-order valence-corrected chi connectivity index (χ4v) is 2.09. The zero-order valence-corrected chi connectivity index (χ0v) is 10.6. The molecular weight excluding hydrogens is 228 g/mol. The Morgan fingerprint density at radius 1 is 1.39 bits per heavy atom. The van der Waals surface area contributed by atoms with Crippen molar-refractivity contribution in [3.05, 3.63) is 36.1 Å². The van der Waals surface area contributed by atoms with E-state index in [-0.39, 0.29) is 18.0 Å². The number of amides is 1. The lowest BCUT2D eigenvalue weighted by Crippen LogP contribution is -2.32. The average molecular weight is 246 g/mol. The molecule has 0 radical (unpaired) electrons. The van der Waals surface area contributed by atoms with Gasteiger partial charge in [0.2, 0.25) is 5.91 Å². The number of primary amides is 1. The minimum Gasteiger partial charge on any atom is -0.459 e. The van der Waals surface area contributed by atoms with E-state index in [4.69, 9.17) is 10.2 Å². The molecule has 1 amide bonds. The van der Waals surface area contributed by atoms with Crippen molar-refractivity contribution in [1.82, 2.24) is 5.32 Å². The molecule has 0 aliphatic rings. The minimum atomic E-state index is -0.299. The molecule has 1 heterocycles. The lowest BCUT2D eigenvalue weighted by Gasteiger charge is -2.16. The average Bonchev–Trinajstić information content (AvgIpc) is 2.71. The molecule has 1 aromatic carbocycles. The van der Waals surface area contributed by atoms with Crippen LogP contribution in [0.15, 0.2) is 34.7 Å². The zero-order chi connectivity index (χ0) is 13.1. The number of fused-ring (bicyclic) bond motifs is 1. The molecule has 0 aliphatic carbocycles. The fraction of sp³-hybridized carbons (Fsp3) is 0.357. The van der Waals surface area contributed by atoms with Crippen LogP contribution in [0.5, 0.6) is 0 Å². The number of nitrogens with one attached hydrogen (secondary N) is 1. The highest BCUT2D eigenvalue weighted by molar-refractivity contribution is 5.77. The van der Waals surface area contributed by atoms with Crippen molar-refractivity contribution in [3.63, 3.8) is 0 Å². The number of carbonyl (C=O) groups is 1. The molecule has 3 N–H and O–H groups in total. The van der Waals surface area contributed by atoms with Gasteiger partial charge in [-0.05, 0) is 26.0 Å². The van der Waals surface area contributed by atoms with Crippen LogP contribution in [0, 0.1) is 0 Å². The van der Waals surface area contributed by atoms with Gasteiger partial charge in [0.05, 0.1) is 6.04 Å². The Morgan fingerprint density at radius 3 is 2.78 bits per heavy atom. The molecule has 2 atom stereocenters. The summed E-state index contributed by atoms with van der Waals surface area (Å²) < 4.78 is 5.76. The summed E-state index contributed by atoms with van der Waals surface area (Å²) in [5, 5.41) is 4.38. The molecule has 0 bridgehead atoms. The summed E-state index contributed by atoms with van der Waals surface area (Å²) in [7, 11) is 0. The molecule has 1 aromatic heterocycles. The fourth-order valence-electron chi connectivity index (χ4n) is 2.09. The van der Waals surface area contributed by atoms with Crippen LogP contribution in [-0.2, 0) is 4.79 Å². The van der Waals surface area contributed by atoms with E-state index in [0.29, 0.717) is 6.42 Å². The van der Waals surface area contributed by atoms with E-state index in [1.807, 2.05) is 44.2 Å². The highest BCUT2D eigenvalue weighted by Crippen LogP contribution is 2.23. The topological polar surface area (TPSA) is 68.3 Å². The number of carbonyl (C=O) groups excluding carboxylic acids is 1. The first-order chi connectivity index (χ1) is 8.56. The van der Waals surface area contributed by atoms with E-state index < -0.39 is 0 Å². The second kappa shape index (κ2) is 5.23. The molecule has 0 saturated carbocycles. The lowest BCUT2D eigenvalue weighted by molar-refractivity contribution is -0.118. The first kappa shape index (κ1) is 12.6. The molecule has 0 saturated heterocycles. The summed E-state index contributed by atoms with van der Waals surface area (Å²) >= 11 is 0. The number of furan rings is 1. The predicted molar refractivity (Wildman–Crippen MR) is 71.0 cm³/mol. The maximum Gasteiger partial charge on any atom is 0.218 e. The van der Waals surface area contributed by atoms with Crippen molar-refractivity contribution in [3.8, 4) is 0 Å². The molecule has 18 heavy (non-hydrogen) atoms. The van der Waals surface area contributed by atoms with Crippen LogP contribution in [0.25, 0.3) is 11.0 Å². The molecule has 4 heteroatoms. The monoisotopic (exact) mass is 246 g/mol. The van der Waals surface area contributed by atoms with Gasteiger partial charge in [-0.25, -0.2) is 0 Å². The maximum atomic E-state index is 10.8. The number of para-hydroxylation sites is 1. The van der Waals surface area contributed by atoms with Crippen LogP contribution >= 0.6 is 0 Å². The van der Waals surface area contributed by atoms with Crippen molar-refractivity contribution in [2.75, 3.05) is 0 Å². The van der Waals surface area contributed by atoms with Gasteiger partial charge in [0.25, 0.3) is 0 Å². The normalized spacial score (nSPS) is 14.6. The van der Waals surface area contributed by atoms with Crippen molar-refractivity contribution in [2.45, 2.75) is 32.4 Å². The summed E-state index contributed by atoms with van der Waals surface area (Å²) in [6, 6.07) is 9.99. The Labute approximate surface area is 106 Å². The predicted octanol–water partition coefficient (Wildman–Crippen LogP) is 2.35. The van der Waals surface area contributed by atoms with Crippen LogP contribution in [0.3, 0.4) is 0 Å². The van der Waals surface area contributed by atoms with Gasteiger partial charge in [0.15, 0.2) is 0 Å². The first-order valence-corrected chi connectivity index (χ1v) is 6.09. The van der Waals surface area contributed by atoms with Crippen molar-refractivity contribution >= 4 is 16.9 Å². The van der Waals surface area contributed by atoms with Gasteiger partial charge in [0, 0.05) is 17.8 Å². The summed E-state index contributed by atoms with van der Waals surface area (Å²) in [6.45, 7) is 3.94. The number of benzene rings is 1. The summed E-state index contributed by atoms with van der Waals surface area (Å²) in [5.41, 5.74) is 6.05. The molecule has 0 spiro atoms. The molecule has 0 fully saturated rings. The Hall–Kier alpha value is -1.81. The van der Waals surface area contributed by atoms with Gasteiger partial charge >= 0.3 is 0 Å². The Bertz CT molecular complexity index is 514. The van der Waals surface area contributed by atoms with Gasteiger partial charge in [-0.3, -0.25) is 4.79 Å². The highest BCUT2D eigenvalue weighted by Gasteiger charge is 2.14. The van der Waals surface area contributed by atoms with E-state index in [0.717, 1.165) is 16.7 Å². The number of rotatable bonds is 5. The molecular formula is C14H18N2O2. The quantitative estimate of drug-likeness (QED) is 0.850. The molecule has 4 nitrogen and oxygen atoms in total. The van der Waals surface area contributed by atoms with Crippen LogP contribution in [0.2, 0.25) is 0 Å². The van der Waals surface area contributed by atoms with E-state index in [1.165, 1.54) is 0 Å². The first-order valence-electron chi connectivity index (χ1n) is 6.09. The minimum absolute atomic E-state index is 0.0331. The van der Waals surface area contributed by atoms with Gasteiger partial charge in [-0.15, -0.1) is 0 Å². The highest BCUT2D eigenvalue weighted by atomic mass is 16.3. The summed E-state index contributed by atoms with van der Waals surface area (Å²) in [5.74, 6) is 0.569. The van der Waals surface area contributed by atoms with Crippen LogP contribution in [0.4, 0.5) is 0 Å². The molecule has 2 aromatic rings. The van der Waals surface area contributed by atoms with Gasteiger partial charge in [-0.1, -0.05) is 18.2 Å². The van der Waals surface area contributed by atoms with Crippen molar-refractivity contribution < 1.29 is 9.21 Å². The zero-order valence-electron chi connectivity index (χ0n) is 10.6. The standard InChI is InChI=1S/C14H18N2O2/c1-9(7-14(15)17)16-10(2)13-8-11-5-3-4-6-12(11)18-13/h3-6,8-10,16H,7H2,1-2H3,(H2,15,17). The smallest absolute Gasteiger partial charge is 0.218 e. The van der Waals surface area contributed by atoms with E-state index in [9.17, 15) is 4.79 Å². The summed E-state index contributed by atoms with van der Waals surface area (Å²) in [6.07, 6.45) is 0.324. The lowest BCUT2D eigenvalue weighted by atomic mass is 10.1. The maximum absolute atomic E-state index is 10.8. The molecule has 2 rings (SSSR count). The van der Waals surface area contributed by atoms with E-state index in [2.05, 4.69) is 5.32 Å². The van der Waals surface area contributed by atoms with Gasteiger partial charge in [0.1, 0.15) is 11.3 Å². The number of hydrogen-bond acceptors (Lipinski definition) is 3. The number of hydrogen-bond donors (Lipinski definition) is 2. The second-order valence-electron chi connectivity index (χ2n) is 4.65. The van der Waals surface area contributed by atoms with E-state index in [1.54, 1.807) is 0 Å². The van der Waals surface area contributed by atoms with Crippen LogP contribution in [-0.4, -0.2) is 11.9 Å². The number of nitrogens with two attached hydrogens (primary N) is 1. The Kier molecular flexibility index (Phi) is 3.67. The Balaban J connectivity index is 2.08. The second-order valence-corrected chi connectivity index (χ2v) is 4.65. The molecule has 2 unspecified atom stereocenters. The third kappa shape index (κ3) is 2.90. The largest absolute Gasteiger partial charge is 0.459 e. The summed E-state index contributed by atoms with van der Waals surface area (Å²) in [4.78, 5) is 10.8. The third-order valence-corrected chi connectivity index (χ3v) is 2.91. The van der Waals surface area contributed by atoms with Gasteiger partial charge < -0.3 is 15.5 Å². The van der Waals surface area contributed by atoms with Gasteiger partial charge in [-0.2, -0.15) is 0 Å². The third-order valence-electron chi connectivity index (χ3n) is 2.91. The molecule has 96 valence electrons.